The highest BCUT2D eigenvalue weighted by Gasteiger charge is 2.68. The van der Waals surface area contributed by atoms with Gasteiger partial charge in [0.25, 0.3) is 0 Å². The molecule has 4 saturated carbocycles. The van der Waals surface area contributed by atoms with Crippen LogP contribution < -0.4 is 5.73 Å². The summed E-state index contributed by atoms with van der Waals surface area (Å²) in [6, 6.07) is -0.804. The Morgan fingerprint density at radius 3 is 2.47 bits per heavy atom. The first-order chi connectivity index (χ1) is 17.9. The van der Waals surface area contributed by atoms with Gasteiger partial charge < -0.3 is 40.7 Å². The average molecular weight is 540 g/mol. The molecule has 0 aromatic rings. The van der Waals surface area contributed by atoms with E-state index in [2.05, 4.69) is 13.8 Å². The van der Waals surface area contributed by atoms with Crippen LogP contribution in [0.25, 0.3) is 0 Å². The second-order valence-electron chi connectivity index (χ2n) is 13.9. The van der Waals surface area contributed by atoms with Crippen molar-refractivity contribution in [3.63, 3.8) is 0 Å². The number of hydrogen-bond acceptors (Lipinski definition) is 8. The van der Waals surface area contributed by atoms with E-state index < -0.39 is 42.2 Å². The van der Waals surface area contributed by atoms with Crippen LogP contribution in [0.5, 0.6) is 0 Å². The van der Waals surface area contributed by atoms with Crippen molar-refractivity contribution in [2.45, 2.75) is 127 Å². The molecule has 0 unspecified atom stereocenters. The molecule has 9 nitrogen and oxygen atoms in total. The molecule has 4 aliphatic carbocycles. The Morgan fingerprint density at radius 2 is 1.79 bits per heavy atom. The van der Waals surface area contributed by atoms with E-state index in [-0.39, 0.29) is 47.7 Å². The molecule has 0 spiro atoms. The van der Waals surface area contributed by atoms with Crippen LogP contribution in [0.2, 0.25) is 0 Å². The molecule has 0 bridgehead atoms. The number of aliphatic carboxylic acids is 1. The molecule has 5 aliphatic rings. The zero-order chi connectivity index (χ0) is 27.6. The van der Waals surface area contributed by atoms with E-state index in [1.54, 1.807) is 6.92 Å². The predicted molar refractivity (Wildman–Crippen MR) is 139 cm³/mol. The van der Waals surface area contributed by atoms with Crippen molar-refractivity contribution in [2.24, 2.45) is 46.2 Å². The largest absolute Gasteiger partial charge is 0.481 e. The van der Waals surface area contributed by atoms with Crippen LogP contribution in [0.3, 0.4) is 0 Å². The Balaban J connectivity index is 1.29. The molecule has 0 aromatic heterocycles. The molecule has 5 rings (SSSR count). The molecule has 1 heterocycles. The first kappa shape index (κ1) is 28.7. The fourth-order valence-corrected chi connectivity index (χ4v) is 10.0. The molecular formula is C29H49NO8. The zero-order valence-electron chi connectivity index (χ0n) is 23.2. The van der Waals surface area contributed by atoms with Gasteiger partial charge in [-0.25, -0.2) is 0 Å². The van der Waals surface area contributed by atoms with Crippen molar-refractivity contribution < 1.29 is 39.8 Å². The van der Waals surface area contributed by atoms with Gasteiger partial charge in [-0.1, -0.05) is 13.8 Å². The number of fused-ring (bicyclic) bond motifs is 5. The van der Waals surface area contributed by atoms with E-state index in [0.717, 1.165) is 51.4 Å². The van der Waals surface area contributed by atoms with Crippen LogP contribution in [-0.4, -0.2) is 80.5 Å². The van der Waals surface area contributed by atoms with Crippen LogP contribution in [0.4, 0.5) is 0 Å². The lowest BCUT2D eigenvalue weighted by Crippen LogP contribution is -2.63. The van der Waals surface area contributed by atoms with Crippen LogP contribution in [0.15, 0.2) is 0 Å². The summed E-state index contributed by atoms with van der Waals surface area (Å²) < 4.78 is 12.0. The Morgan fingerprint density at radius 1 is 1.05 bits per heavy atom. The minimum absolute atomic E-state index is 0.0124. The lowest BCUT2D eigenvalue weighted by Gasteiger charge is -2.64. The summed E-state index contributed by atoms with van der Waals surface area (Å²) in [5.41, 5.74) is 4.88. The lowest BCUT2D eigenvalue weighted by atomic mass is 9.43. The molecule has 1 saturated heterocycles. The van der Waals surface area contributed by atoms with Gasteiger partial charge in [-0.3, -0.25) is 4.79 Å². The van der Waals surface area contributed by atoms with Crippen LogP contribution in [0, 0.1) is 40.4 Å². The van der Waals surface area contributed by atoms with Gasteiger partial charge in [0.2, 0.25) is 0 Å². The maximum Gasteiger partial charge on any atom is 0.303 e. The predicted octanol–water partition coefficient (Wildman–Crippen LogP) is 2.02. The maximum absolute atomic E-state index is 12.4. The molecule has 218 valence electrons. The molecule has 0 aromatic carbocycles. The smallest absolute Gasteiger partial charge is 0.303 e. The van der Waals surface area contributed by atoms with Crippen molar-refractivity contribution in [1.82, 2.24) is 0 Å². The van der Waals surface area contributed by atoms with E-state index in [9.17, 15) is 30.3 Å². The number of carboxylic acids is 1. The molecule has 0 amide bonds. The first-order valence-corrected chi connectivity index (χ1v) is 14.8. The summed E-state index contributed by atoms with van der Waals surface area (Å²) >= 11 is 0. The van der Waals surface area contributed by atoms with Gasteiger partial charge in [0.1, 0.15) is 6.10 Å². The van der Waals surface area contributed by atoms with Gasteiger partial charge >= 0.3 is 5.97 Å². The normalized spacial score (nSPS) is 53.5. The number of carboxylic acid groups (broad SMARTS) is 1. The average Bonchev–Trinajstić information content (AvgIpc) is 3.15. The van der Waals surface area contributed by atoms with Gasteiger partial charge in [-0.15, -0.1) is 0 Å². The van der Waals surface area contributed by atoms with Gasteiger partial charge in [0.05, 0.1) is 36.4 Å². The molecule has 14 atom stereocenters. The molecular weight excluding hydrogens is 490 g/mol. The van der Waals surface area contributed by atoms with E-state index in [4.69, 9.17) is 15.2 Å². The third-order valence-corrected chi connectivity index (χ3v) is 12.3. The van der Waals surface area contributed by atoms with E-state index >= 15 is 0 Å². The van der Waals surface area contributed by atoms with Gasteiger partial charge in [-0.05, 0) is 105 Å². The molecule has 0 radical (unpaired) electrons. The van der Waals surface area contributed by atoms with E-state index in [0.29, 0.717) is 18.3 Å². The molecule has 38 heavy (non-hydrogen) atoms. The molecule has 9 heteroatoms. The third kappa shape index (κ3) is 4.35. The number of rotatable bonds is 6. The van der Waals surface area contributed by atoms with Crippen molar-refractivity contribution in [3.8, 4) is 0 Å². The molecule has 5 fully saturated rings. The number of aliphatic hydroxyl groups is 4. The monoisotopic (exact) mass is 539 g/mol. The number of carbonyl (C=O) groups is 1. The van der Waals surface area contributed by atoms with Crippen LogP contribution in [-0.2, 0) is 14.3 Å². The zero-order valence-corrected chi connectivity index (χ0v) is 23.2. The molecule has 7 N–H and O–H groups in total. The Kier molecular flexibility index (Phi) is 7.73. The van der Waals surface area contributed by atoms with E-state index in [1.807, 2.05) is 0 Å². The minimum Gasteiger partial charge on any atom is -0.481 e. The Labute approximate surface area is 226 Å². The fraction of sp³-hybridized carbons (Fsp3) is 0.966. The van der Waals surface area contributed by atoms with Crippen molar-refractivity contribution in [1.29, 1.82) is 0 Å². The first-order valence-electron chi connectivity index (χ1n) is 14.8. The summed E-state index contributed by atoms with van der Waals surface area (Å²) in [7, 11) is 0. The Hall–Kier alpha value is -0.810. The summed E-state index contributed by atoms with van der Waals surface area (Å²) in [6.45, 7) is 6.14. The molecule has 1 aliphatic heterocycles. The lowest BCUT2D eigenvalue weighted by molar-refractivity contribution is -0.289. The minimum atomic E-state index is -1.07. The van der Waals surface area contributed by atoms with Crippen LogP contribution in [0.1, 0.15) is 85.0 Å². The standard InChI is InChI=1S/C29H49NO8/c1-15-24(34)23(30)25(35)26(37-15)38-18-6-9-27(2)17(13-18)4-5-21-20(27)7-10-28(3)19(8-11-29(21,28)36)16(14-31)12-22(32)33/h15-21,23-26,31,34-36H,4-14,30H2,1-3H3,(H,32,33)/t15-,16+,17+,18-,19+,20-,21+,23+,24-,25+,26-,27-,28+,29-/m0/s1. The quantitative estimate of drug-likeness (QED) is 0.277. The number of nitrogens with two attached hydrogens (primary N) is 1. The topological polar surface area (TPSA) is 163 Å². The van der Waals surface area contributed by atoms with Gasteiger partial charge in [-0.2, -0.15) is 0 Å². The SMILES string of the molecule is C[C@@H]1O[C@@H](O[C@H]2CC[C@@]3(C)[C@H](CC[C@@H]4[C@@H]3CC[C@]3(C)[C@@H]([C@@H](CO)CC(=O)O)CC[C@]43O)C2)[C@H](O)[C@H](N)[C@H]1O. The van der Waals surface area contributed by atoms with Crippen molar-refractivity contribution in [2.75, 3.05) is 6.61 Å². The Bertz CT molecular complexity index is 889. The summed E-state index contributed by atoms with van der Waals surface area (Å²) in [5.74, 6) is -0.177. The van der Waals surface area contributed by atoms with Crippen molar-refractivity contribution >= 4 is 5.97 Å². The number of hydrogen-bond donors (Lipinski definition) is 6. The third-order valence-electron chi connectivity index (χ3n) is 12.3. The second kappa shape index (κ2) is 10.2. The fourth-order valence-electron chi connectivity index (χ4n) is 10.0. The van der Waals surface area contributed by atoms with Crippen LogP contribution >= 0.6 is 0 Å². The van der Waals surface area contributed by atoms with Crippen molar-refractivity contribution in [3.05, 3.63) is 0 Å². The maximum atomic E-state index is 12.4. The van der Waals surface area contributed by atoms with Gasteiger partial charge in [0, 0.05) is 6.61 Å². The summed E-state index contributed by atoms with van der Waals surface area (Å²) in [4.78, 5) is 11.5. The number of ether oxygens (including phenoxy) is 2. The summed E-state index contributed by atoms with van der Waals surface area (Å²) in [6.07, 6.45) is 4.51. The highest BCUT2D eigenvalue weighted by molar-refractivity contribution is 5.67. The van der Waals surface area contributed by atoms with Gasteiger partial charge in [0.15, 0.2) is 6.29 Å². The highest BCUT2D eigenvalue weighted by atomic mass is 16.7. The highest BCUT2D eigenvalue weighted by Crippen LogP contribution is 2.70. The second-order valence-corrected chi connectivity index (χ2v) is 13.9. The van der Waals surface area contributed by atoms with E-state index in [1.165, 1.54) is 0 Å². The summed E-state index contributed by atoms with van der Waals surface area (Å²) in [5, 5.41) is 52.5. The number of aliphatic hydroxyl groups excluding tert-OH is 3.